The first-order valence-electron chi connectivity index (χ1n) is 7.92. The average Bonchev–Trinajstić information content (AvgIpc) is 2.65. The lowest BCUT2D eigenvalue weighted by molar-refractivity contribution is -0.141. The zero-order chi connectivity index (χ0) is 19.1. The van der Waals surface area contributed by atoms with E-state index in [2.05, 4.69) is 5.32 Å². The van der Waals surface area contributed by atoms with Crippen LogP contribution in [-0.4, -0.2) is 37.7 Å². The van der Waals surface area contributed by atoms with Crippen molar-refractivity contribution >= 4 is 23.5 Å². The van der Waals surface area contributed by atoms with Gasteiger partial charge in [-0.2, -0.15) is 0 Å². The monoisotopic (exact) mass is 377 g/mol. The van der Waals surface area contributed by atoms with Gasteiger partial charge >= 0.3 is 5.97 Å². The molecule has 7 heteroatoms. The summed E-state index contributed by atoms with van der Waals surface area (Å²) >= 11 is 5.94. The first-order valence-corrected chi connectivity index (χ1v) is 8.30. The second-order valence-electron chi connectivity index (χ2n) is 5.61. The predicted molar refractivity (Wildman–Crippen MR) is 98.2 cm³/mol. The Morgan fingerprint density at radius 3 is 2.46 bits per heavy atom. The molecule has 0 saturated carbocycles. The van der Waals surface area contributed by atoms with Gasteiger partial charge in [0.25, 0.3) is 5.91 Å². The van der Waals surface area contributed by atoms with Gasteiger partial charge in [0, 0.05) is 12.1 Å². The van der Waals surface area contributed by atoms with Gasteiger partial charge in [-0.1, -0.05) is 29.8 Å². The van der Waals surface area contributed by atoms with Crippen LogP contribution < -0.4 is 14.8 Å². The zero-order valence-corrected chi connectivity index (χ0v) is 15.2. The maximum Gasteiger partial charge on any atom is 0.308 e. The molecule has 0 bridgehead atoms. The number of benzene rings is 2. The molecule has 138 valence electrons. The summed E-state index contributed by atoms with van der Waals surface area (Å²) in [7, 11) is 2.99. The maximum absolute atomic E-state index is 12.3. The summed E-state index contributed by atoms with van der Waals surface area (Å²) in [4.78, 5) is 23.9. The van der Waals surface area contributed by atoms with Crippen molar-refractivity contribution < 1.29 is 24.2 Å². The van der Waals surface area contributed by atoms with Crippen LogP contribution in [0.25, 0.3) is 0 Å². The molecule has 1 atom stereocenters. The Balaban J connectivity index is 2.06. The van der Waals surface area contributed by atoms with E-state index in [-0.39, 0.29) is 13.0 Å². The van der Waals surface area contributed by atoms with Crippen molar-refractivity contribution in [1.82, 2.24) is 5.32 Å². The maximum atomic E-state index is 12.3. The van der Waals surface area contributed by atoms with Gasteiger partial charge in [-0.3, -0.25) is 9.59 Å². The first kappa shape index (κ1) is 19.6. The number of carboxylic acid groups (broad SMARTS) is 1. The molecule has 0 spiro atoms. The molecule has 2 rings (SSSR count). The second-order valence-corrected chi connectivity index (χ2v) is 6.02. The van der Waals surface area contributed by atoms with Crippen LogP contribution >= 0.6 is 11.6 Å². The lowest BCUT2D eigenvalue weighted by Gasteiger charge is -2.16. The minimum atomic E-state index is -0.995. The molecule has 0 saturated heterocycles. The molecule has 0 aliphatic heterocycles. The van der Waals surface area contributed by atoms with E-state index in [1.54, 1.807) is 24.3 Å². The number of hydrogen-bond donors (Lipinski definition) is 2. The number of hydrogen-bond acceptors (Lipinski definition) is 4. The van der Waals surface area contributed by atoms with Crippen LogP contribution in [0.2, 0.25) is 5.02 Å². The van der Waals surface area contributed by atoms with Crippen molar-refractivity contribution in [1.29, 1.82) is 0 Å². The highest BCUT2D eigenvalue weighted by molar-refractivity contribution is 6.32. The van der Waals surface area contributed by atoms with Crippen LogP contribution in [-0.2, 0) is 11.2 Å². The standard InChI is InChI=1S/C19H20ClNO5/c1-25-16-6-4-3-5-12(16)9-14(19(23)24)11-21-18(22)13-7-8-15(20)17(10-13)26-2/h3-8,10,14H,9,11H2,1-2H3,(H,21,22)(H,23,24). The van der Waals surface area contributed by atoms with Crippen LogP contribution in [0.1, 0.15) is 15.9 Å². The lowest BCUT2D eigenvalue weighted by Crippen LogP contribution is -2.34. The molecule has 0 aliphatic rings. The topological polar surface area (TPSA) is 84.9 Å². The third-order valence-electron chi connectivity index (χ3n) is 3.93. The summed E-state index contributed by atoms with van der Waals surface area (Å²) in [5, 5.41) is 12.5. The summed E-state index contributed by atoms with van der Waals surface area (Å²) in [6.07, 6.45) is 0.240. The van der Waals surface area contributed by atoms with Crippen molar-refractivity contribution in [3.63, 3.8) is 0 Å². The number of ether oxygens (including phenoxy) is 2. The van der Waals surface area contributed by atoms with Crippen molar-refractivity contribution in [2.75, 3.05) is 20.8 Å². The van der Waals surface area contributed by atoms with Gasteiger partial charge in [0.2, 0.25) is 0 Å². The second kappa shape index (κ2) is 9.10. The van der Waals surface area contributed by atoms with Gasteiger partial charge in [0.05, 0.1) is 25.2 Å². The largest absolute Gasteiger partial charge is 0.496 e. The van der Waals surface area contributed by atoms with Gasteiger partial charge in [-0.15, -0.1) is 0 Å². The van der Waals surface area contributed by atoms with Gasteiger partial charge in [-0.25, -0.2) is 0 Å². The highest BCUT2D eigenvalue weighted by atomic mass is 35.5. The van der Waals surface area contributed by atoms with Crippen molar-refractivity contribution in [3.05, 3.63) is 58.6 Å². The summed E-state index contributed by atoms with van der Waals surface area (Å²) < 4.78 is 10.3. The Labute approximate surface area is 156 Å². The molecule has 0 fully saturated rings. The van der Waals surface area contributed by atoms with Gasteiger partial charge < -0.3 is 19.9 Å². The number of para-hydroxylation sites is 1. The average molecular weight is 378 g/mol. The van der Waals surface area contributed by atoms with Gasteiger partial charge in [-0.05, 0) is 36.2 Å². The number of methoxy groups -OCH3 is 2. The van der Waals surface area contributed by atoms with E-state index in [9.17, 15) is 14.7 Å². The highest BCUT2D eigenvalue weighted by Crippen LogP contribution is 2.25. The minimum Gasteiger partial charge on any atom is -0.496 e. The predicted octanol–water partition coefficient (Wildman–Crippen LogP) is 3.03. The third-order valence-corrected chi connectivity index (χ3v) is 4.24. The quantitative estimate of drug-likeness (QED) is 0.738. The van der Waals surface area contributed by atoms with Gasteiger partial charge in [0.15, 0.2) is 0 Å². The van der Waals surface area contributed by atoms with Gasteiger partial charge in [0.1, 0.15) is 11.5 Å². The Bertz CT molecular complexity index is 793. The Kier molecular flexibility index (Phi) is 6.86. The van der Waals surface area contributed by atoms with E-state index in [1.807, 2.05) is 12.1 Å². The fourth-order valence-electron chi connectivity index (χ4n) is 2.50. The van der Waals surface area contributed by atoms with E-state index >= 15 is 0 Å². The molecular weight excluding hydrogens is 358 g/mol. The highest BCUT2D eigenvalue weighted by Gasteiger charge is 2.21. The molecule has 2 aromatic carbocycles. The van der Waals surface area contributed by atoms with E-state index in [1.165, 1.54) is 20.3 Å². The van der Waals surface area contributed by atoms with E-state index in [4.69, 9.17) is 21.1 Å². The molecule has 6 nitrogen and oxygen atoms in total. The summed E-state index contributed by atoms with van der Waals surface area (Å²) in [5.74, 6) is -1.18. The smallest absolute Gasteiger partial charge is 0.308 e. The molecule has 1 amide bonds. The SMILES string of the molecule is COc1cc(C(=O)NCC(Cc2ccccc2OC)C(=O)O)ccc1Cl. The number of carbonyl (C=O) groups is 2. The number of nitrogens with one attached hydrogen (secondary N) is 1. The van der Waals surface area contributed by atoms with E-state index < -0.39 is 17.8 Å². The third kappa shape index (κ3) is 4.89. The normalized spacial score (nSPS) is 11.5. The molecule has 26 heavy (non-hydrogen) atoms. The Hall–Kier alpha value is -2.73. The van der Waals surface area contributed by atoms with E-state index in [0.29, 0.717) is 22.1 Å². The molecule has 2 N–H and O–H groups in total. The Morgan fingerprint density at radius 1 is 1.12 bits per heavy atom. The molecule has 0 aliphatic carbocycles. The molecular formula is C19H20ClNO5. The Morgan fingerprint density at radius 2 is 1.81 bits per heavy atom. The summed E-state index contributed by atoms with van der Waals surface area (Å²) in [6, 6.07) is 11.8. The number of amides is 1. The molecule has 2 aromatic rings. The number of carboxylic acids is 1. The van der Waals surface area contributed by atoms with E-state index in [0.717, 1.165) is 5.56 Å². The minimum absolute atomic E-state index is 0.0167. The molecule has 0 heterocycles. The van der Waals surface area contributed by atoms with Crippen LogP contribution in [0.3, 0.4) is 0 Å². The lowest BCUT2D eigenvalue weighted by atomic mass is 9.98. The number of halogens is 1. The van der Waals surface area contributed by atoms with Crippen LogP contribution in [0.5, 0.6) is 11.5 Å². The summed E-state index contributed by atoms with van der Waals surface area (Å²) in [5.41, 5.74) is 1.11. The number of aliphatic carboxylic acids is 1. The van der Waals surface area contributed by atoms with Crippen molar-refractivity contribution in [3.8, 4) is 11.5 Å². The van der Waals surface area contributed by atoms with Crippen LogP contribution in [0.4, 0.5) is 0 Å². The fraction of sp³-hybridized carbons (Fsp3) is 0.263. The fourth-order valence-corrected chi connectivity index (χ4v) is 2.70. The number of rotatable bonds is 8. The molecule has 0 radical (unpaired) electrons. The molecule has 0 aromatic heterocycles. The number of carbonyl (C=O) groups excluding carboxylic acids is 1. The molecule has 1 unspecified atom stereocenters. The van der Waals surface area contributed by atoms with Crippen LogP contribution in [0, 0.1) is 5.92 Å². The van der Waals surface area contributed by atoms with Crippen molar-refractivity contribution in [2.24, 2.45) is 5.92 Å². The first-order chi connectivity index (χ1) is 12.5. The summed E-state index contributed by atoms with van der Waals surface area (Å²) in [6.45, 7) is -0.0167. The van der Waals surface area contributed by atoms with Crippen LogP contribution in [0.15, 0.2) is 42.5 Å². The van der Waals surface area contributed by atoms with Crippen molar-refractivity contribution in [2.45, 2.75) is 6.42 Å². The zero-order valence-electron chi connectivity index (χ0n) is 14.5.